The van der Waals surface area contributed by atoms with Crippen LogP contribution >= 0.6 is 11.6 Å². The van der Waals surface area contributed by atoms with Gasteiger partial charge in [0.05, 0.1) is 10.6 Å². The molecule has 0 aliphatic rings. The summed E-state index contributed by atoms with van der Waals surface area (Å²) < 4.78 is 23.8. The maximum absolute atomic E-state index is 13.3. The zero-order valence-corrected chi connectivity index (χ0v) is 15.8. The molecular formula is C19H20ClFN2O4. The van der Waals surface area contributed by atoms with Gasteiger partial charge in [-0.05, 0) is 32.0 Å². The second-order valence-corrected chi connectivity index (χ2v) is 6.26. The molecule has 0 atom stereocenters. The van der Waals surface area contributed by atoms with Crippen LogP contribution in [0.5, 0.6) is 5.75 Å². The van der Waals surface area contributed by atoms with E-state index >= 15 is 0 Å². The highest BCUT2D eigenvalue weighted by Gasteiger charge is 2.13. The zero-order valence-electron chi connectivity index (χ0n) is 15.0. The fourth-order valence-corrected chi connectivity index (χ4v) is 2.41. The third kappa shape index (κ3) is 6.14. The van der Waals surface area contributed by atoms with Crippen molar-refractivity contribution < 1.29 is 23.1 Å². The first-order valence-electron chi connectivity index (χ1n) is 8.17. The van der Waals surface area contributed by atoms with Crippen molar-refractivity contribution in [3.8, 4) is 5.75 Å². The van der Waals surface area contributed by atoms with Gasteiger partial charge in [-0.2, -0.15) is 0 Å². The van der Waals surface area contributed by atoms with E-state index in [1.165, 1.54) is 12.1 Å². The number of nitrogens with one attached hydrogen (secondary N) is 2. The lowest BCUT2D eigenvalue weighted by Gasteiger charge is -2.10. The molecule has 0 aliphatic heterocycles. The fourth-order valence-electron chi connectivity index (χ4n) is 2.29. The molecule has 0 radical (unpaired) electrons. The second-order valence-electron chi connectivity index (χ2n) is 5.85. The molecule has 0 saturated carbocycles. The quantitative estimate of drug-likeness (QED) is 0.717. The van der Waals surface area contributed by atoms with Crippen LogP contribution in [0, 0.1) is 19.7 Å². The molecule has 2 N–H and O–H groups in total. The minimum Gasteiger partial charge on any atom is -0.484 e. The minimum atomic E-state index is -0.627. The van der Waals surface area contributed by atoms with Crippen LogP contribution in [0.15, 0.2) is 41.0 Å². The third-order valence-corrected chi connectivity index (χ3v) is 3.88. The van der Waals surface area contributed by atoms with Crippen LogP contribution in [-0.2, 0) is 4.79 Å². The number of ether oxygens (including phenoxy) is 1. The van der Waals surface area contributed by atoms with Crippen molar-refractivity contribution in [1.82, 2.24) is 10.6 Å². The van der Waals surface area contributed by atoms with Gasteiger partial charge in [0.2, 0.25) is 0 Å². The average molecular weight is 395 g/mol. The number of aryl methyl sites for hydroxylation is 2. The lowest BCUT2D eigenvalue weighted by atomic mass is 10.2. The van der Waals surface area contributed by atoms with E-state index in [2.05, 4.69) is 17.2 Å². The Bertz CT molecular complexity index is 863. The molecule has 0 bridgehead atoms. The van der Waals surface area contributed by atoms with Crippen LogP contribution in [0.4, 0.5) is 4.39 Å². The van der Waals surface area contributed by atoms with Crippen molar-refractivity contribution in [2.75, 3.05) is 13.2 Å². The lowest BCUT2D eigenvalue weighted by molar-refractivity contribution is -0.122. The molecule has 0 spiro atoms. The van der Waals surface area contributed by atoms with Gasteiger partial charge in [-0.3, -0.25) is 9.59 Å². The summed E-state index contributed by atoms with van der Waals surface area (Å²) in [5.74, 6) is 0.0795. The van der Waals surface area contributed by atoms with E-state index in [9.17, 15) is 14.0 Å². The van der Waals surface area contributed by atoms with Crippen molar-refractivity contribution >= 4 is 23.4 Å². The molecule has 0 saturated heterocycles. The Morgan fingerprint density at radius 1 is 1.30 bits per heavy atom. The van der Waals surface area contributed by atoms with Gasteiger partial charge in [0.15, 0.2) is 6.61 Å². The predicted octanol–water partition coefficient (Wildman–Crippen LogP) is 3.52. The van der Waals surface area contributed by atoms with Crippen LogP contribution < -0.4 is 15.4 Å². The largest absolute Gasteiger partial charge is 0.484 e. The first-order chi connectivity index (χ1) is 12.8. The third-order valence-electron chi connectivity index (χ3n) is 3.58. The standard InChI is InChI=1S/C19H20ClFN2O4/c1-11(6-7-22-19(25)15-8-12(2)27-13(15)3)23-18(24)10-26-14-4-5-16(20)17(21)9-14/h4-5,8-9H,1,6-7,10H2,2-3H3,(H,22,25)(H,23,24). The van der Waals surface area contributed by atoms with Gasteiger partial charge in [-0.25, -0.2) is 4.39 Å². The molecule has 1 heterocycles. The number of rotatable bonds is 8. The summed E-state index contributed by atoms with van der Waals surface area (Å²) in [7, 11) is 0. The molecule has 2 rings (SSSR count). The monoisotopic (exact) mass is 394 g/mol. The van der Waals surface area contributed by atoms with E-state index < -0.39 is 11.7 Å². The first-order valence-corrected chi connectivity index (χ1v) is 8.54. The van der Waals surface area contributed by atoms with Crippen molar-refractivity contribution in [2.24, 2.45) is 0 Å². The van der Waals surface area contributed by atoms with Crippen molar-refractivity contribution in [3.05, 3.63) is 64.5 Å². The Hall–Kier alpha value is -2.80. The van der Waals surface area contributed by atoms with E-state index in [4.69, 9.17) is 20.8 Å². The molecule has 1 aromatic heterocycles. The topological polar surface area (TPSA) is 80.6 Å². The molecule has 144 valence electrons. The average Bonchev–Trinajstić information content (AvgIpc) is 2.94. The second kappa shape index (κ2) is 9.23. The lowest BCUT2D eigenvalue weighted by Crippen LogP contribution is -2.31. The van der Waals surface area contributed by atoms with Crippen LogP contribution in [-0.4, -0.2) is 25.0 Å². The minimum absolute atomic E-state index is 0.0250. The maximum atomic E-state index is 13.3. The molecule has 0 aliphatic carbocycles. The Labute approximate surface area is 161 Å². The molecular weight excluding hydrogens is 375 g/mol. The molecule has 27 heavy (non-hydrogen) atoms. The van der Waals surface area contributed by atoms with E-state index in [0.29, 0.717) is 35.7 Å². The van der Waals surface area contributed by atoms with Gasteiger partial charge in [-0.1, -0.05) is 18.2 Å². The van der Waals surface area contributed by atoms with Crippen molar-refractivity contribution in [2.45, 2.75) is 20.3 Å². The summed E-state index contributed by atoms with van der Waals surface area (Å²) >= 11 is 5.58. The van der Waals surface area contributed by atoms with Crippen LogP contribution in [0.1, 0.15) is 28.3 Å². The SMILES string of the molecule is C=C(CCNC(=O)c1cc(C)oc1C)NC(=O)COc1ccc(Cl)c(F)c1. The summed E-state index contributed by atoms with van der Waals surface area (Å²) in [6, 6.07) is 5.56. The summed E-state index contributed by atoms with van der Waals surface area (Å²) in [4.78, 5) is 23.9. The number of carbonyl (C=O) groups excluding carboxylic acids is 2. The Balaban J connectivity index is 1.70. The number of amides is 2. The van der Waals surface area contributed by atoms with Gasteiger partial charge in [-0.15, -0.1) is 0 Å². The Morgan fingerprint density at radius 3 is 2.67 bits per heavy atom. The van der Waals surface area contributed by atoms with Gasteiger partial charge in [0.25, 0.3) is 11.8 Å². The zero-order chi connectivity index (χ0) is 20.0. The number of hydrogen-bond acceptors (Lipinski definition) is 4. The number of halogens is 2. The highest BCUT2D eigenvalue weighted by Crippen LogP contribution is 2.20. The predicted molar refractivity (Wildman–Crippen MR) is 99.3 cm³/mol. The molecule has 2 aromatic rings. The van der Waals surface area contributed by atoms with E-state index in [0.717, 1.165) is 6.07 Å². The van der Waals surface area contributed by atoms with Crippen LogP contribution in [0.2, 0.25) is 5.02 Å². The van der Waals surface area contributed by atoms with Crippen molar-refractivity contribution in [1.29, 1.82) is 0 Å². The van der Waals surface area contributed by atoms with Gasteiger partial charge in [0, 0.05) is 24.7 Å². The van der Waals surface area contributed by atoms with Gasteiger partial charge in [0.1, 0.15) is 23.1 Å². The Kier molecular flexibility index (Phi) is 7.01. The Morgan fingerprint density at radius 2 is 2.04 bits per heavy atom. The smallest absolute Gasteiger partial charge is 0.262 e. The number of benzene rings is 1. The highest BCUT2D eigenvalue weighted by atomic mass is 35.5. The molecule has 2 amide bonds. The molecule has 6 nitrogen and oxygen atoms in total. The normalized spacial score (nSPS) is 10.4. The van der Waals surface area contributed by atoms with Gasteiger partial charge < -0.3 is 19.8 Å². The fraction of sp³-hybridized carbons (Fsp3) is 0.263. The first kappa shape index (κ1) is 20.5. The highest BCUT2D eigenvalue weighted by molar-refractivity contribution is 6.30. The molecule has 8 heteroatoms. The van der Waals surface area contributed by atoms with Crippen LogP contribution in [0.3, 0.4) is 0 Å². The number of hydrogen-bond donors (Lipinski definition) is 2. The van der Waals surface area contributed by atoms with E-state index in [1.807, 2.05) is 0 Å². The van der Waals surface area contributed by atoms with E-state index in [-0.39, 0.29) is 23.3 Å². The molecule has 1 aromatic carbocycles. The van der Waals surface area contributed by atoms with E-state index in [1.54, 1.807) is 19.9 Å². The molecule has 0 unspecified atom stereocenters. The summed E-state index contributed by atoms with van der Waals surface area (Å²) in [5, 5.41) is 5.26. The van der Waals surface area contributed by atoms with Crippen LogP contribution in [0.25, 0.3) is 0 Å². The number of carbonyl (C=O) groups is 2. The molecule has 0 fully saturated rings. The summed E-state index contributed by atoms with van der Waals surface area (Å²) in [6.45, 7) is 7.20. The summed E-state index contributed by atoms with van der Waals surface area (Å²) in [5.41, 5.74) is 0.900. The number of furan rings is 1. The van der Waals surface area contributed by atoms with Gasteiger partial charge >= 0.3 is 0 Å². The summed E-state index contributed by atoms with van der Waals surface area (Å²) in [6.07, 6.45) is 0.350. The maximum Gasteiger partial charge on any atom is 0.262 e. The van der Waals surface area contributed by atoms with Crippen molar-refractivity contribution in [3.63, 3.8) is 0 Å².